The molecule has 1 unspecified atom stereocenters. The van der Waals surface area contributed by atoms with Gasteiger partial charge in [0.05, 0.1) is 19.2 Å². The summed E-state index contributed by atoms with van der Waals surface area (Å²) in [5.41, 5.74) is 5.08. The Morgan fingerprint density at radius 1 is 1.11 bits per heavy atom. The van der Waals surface area contributed by atoms with Crippen molar-refractivity contribution in [2.24, 2.45) is 13.0 Å². The number of amides is 1. The average Bonchev–Trinajstić information content (AvgIpc) is 3.47. The summed E-state index contributed by atoms with van der Waals surface area (Å²) in [4.78, 5) is 15.7. The van der Waals surface area contributed by atoms with E-state index in [2.05, 4.69) is 43.6 Å². The first-order valence-electron chi connectivity index (χ1n) is 12.5. The summed E-state index contributed by atoms with van der Waals surface area (Å²) in [7, 11) is 3.68. The van der Waals surface area contributed by atoms with Gasteiger partial charge in [-0.3, -0.25) is 4.79 Å². The molecular weight excluding hydrogens is 450 g/mol. The van der Waals surface area contributed by atoms with Gasteiger partial charge in [-0.25, -0.2) is 0 Å². The summed E-state index contributed by atoms with van der Waals surface area (Å²) >= 11 is 0. The van der Waals surface area contributed by atoms with Crippen LogP contribution in [-0.4, -0.2) is 50.3 Å². The summed E-state index contributed by atoms with van der Waals surface area (Å²) in [5.74, 6) is 2.28. The molecule has 186 valence electrons. The van der Waals surface area contributed by atoms with Crippen LogP contribution in [0.25, 0.3) is 11.3 Å². The van der Waals surface area contributed by atoms with Crippen LogP contribution in [0.4, 0.5) is 0 Å². The van der Waals surface area contributed by atoms with Crippen molar-refractivity contribution in [2.75, 3.05) is 20.2 Å². The maximum Gasteiger partial charge on any atom is 0.255 e. The summed E-state index contributed by atoms with van der Waals surface area (Å²) in [6.07, 6.45) is 4.72. The van der Waals surface area contributed by atoms with Crippen LogP contribution in [0, 0.1) is 12.8 Å². The molecule has 0 spiro atoms. The van der Waals surface area contributed by atoms with E-state index in [1.165, 1.54) is 5.56 Å². The molecule has 1 aliphatic heterocycles. The largest absolute Gasteiger partial charge is 0.497 e. The lowest BCUT2D eigenvalue weighted by Gasteiger charge is -2.32. The molecule has 1 fully saturated rings. The Hall–Kier alpha value is -3.87. The molecule has 36 heavy (non-hydrogen) atoms. The Balaban J connectivity index is 1.29. The predicted molar refractivity (Wildman–Crippen MR) is 140 cm³/mol. The van der Waals surface area contributed by atoms with Gasteiger partial charge in [-0.2, -0.15) is 0 Å². The van der Waals surface area contributed by atoms with Crippen LogP contribution in [0.1, 0.15) is 40.3 Å². The fraction of sp³-hybridized carbons (Fsp3) is 0.345. The molecular formula is C29H33N5O2. The van der Waals surface area contributed by atoms with Crippen molar-refractivity contribution in [3.8, 4) is 17.0 Å². The first-order valence-corrected chi connectivity index (χ1v) is 12.5. The van der Waals surface area contributed by atoms with Crippen LogP contribution < -0.4 is 4.74 Å². The van der Waals surface area contributed by atoms with Crippen LogP contribution in [-0.2, 0) is 20.0 Å². The fourth-order valence-corrected chi connectivity index (χ4v) is 5.15. The van der Waals surface area contributed by atoms with E-state index >= 15 is 0 Å². The molecule has 5 rings (SSSR count). The van der Waals surface area contributed by atoms with Gasteiger partial charge < -0.3 is 18.8 Å². The average molecular weight is 484 g/mol. The SMILES string of the molecule is COc1ccc(-c2cc(C(=O)N3CCCC(Cc4nncn4Cc4ccccc4)C3)c(C)n2C)cc1. The third kappa shape index (κ3) is 4.91. The van der Waals surface area contributed by atoms with E-state index < -0.39 is 0 Å². The molecule has 4 aromatic rings. The minimum absolute atomic E-state index is 0.110. The minimum atomic E-state index is 0.110. The van der Waals surface area contributed by atoms with Crippen molar-refractivity contribution >= 4 is 5.91 Å². The highest BCUT2D eigenvalue weighted by Crippen LogP contribution is 2.29. The molecule has 1 saturated heterocycles. The van der Waals surface area contributed by atoms with Gasteiger partial charge in [0.2, 0.25) is 0 Å². The number of carbonyl (C=O) groups is 1. The van der Waals surface area contributed by atoms with Gasteiger partial charge in [0.25, 0.3) is 5.91 Å². The Morgan fingerprint density at radius 2 is 1.89 bits per heavy atom. The zero-order chi connectivity index (χ0) is 25.1. The van der Waals surface area contributed by atoms with Gasteiger partial charge in [-0.1, -0.05) is 30.3 Å². The van der Waals surface area contributed by atoms with Crippen molar-refractivity contribution in [1.29, 1.82) is 0 Å². The second-order valence-electron chi connectivity index (χ2n) is 9.64. The van der Waals surface area contributed by atoms with Gasteiger partial charge in [0.1, 0.15) is 17.9 Å². The number of aromatic nitrogens is 4. The lowest BCUT2D eigenvalue weighted by Crippen LogP contribution is -2.41. The lowest BCUT2D eigenvalue weighted by atomic mass is 9.94. The van der Waals surface area contributed by atoms with E-state index in [0.717, 1.165) is 73.0 Å². The molecule has 7 heteroatoms. The van der Waals surface area contributed by atoms with Gasteiger partial charge in [0, 0.05) is 37.9 Å². The van der Waals surface area contributed by atoms with Gasteiger partial charge in [0.15, 0.2) is 0 Å². The number of hydrogen-bond acceptors (Lipinski definition) is 4. The molecule has 7 nitrogen and oxygen atoms in total. The molecule has 0 bridgehead atoms. The van der Waals surface area contributed by atoms with E-state index in [4.69, 9.17) is 4.74 Å². The van der Waals surface area contributed by atoms with Crippen LogP contribution in [0.2, 0.25) is 0 Å². The van der Waals surface area contributed by atoms with Gasteiger partial charge in [-0.05, 0) is 67.1 Å². The molecule has 0 saturated carbocycles. The van der Waals surface area contributed by atoms with Gasteiger partial charge in [-0.15, -0.1) is 10.2 Å². The molecule has 0 radical (unpaired) electrons. The van der Waals surface area contributed by atoms with Crippen LogP contribution in [0.5, 0.6) is 5.75 Å². The monoisotopic (exact) mass is 483 g/mol. The maximum absolute atomic E-state index is 13.6. The standard InChI is InChI=1S/C29H33N5O2/c1-21-26(17-27(32(21)2)24-11-13-25(36-3)14-12-24)29(35)33-15-7-10-23(19-33)16-28-31-30-20-34(28)18-22-8-5-4-6-9-22/h4-6,8-9,11-14,17,20,23H,7,10,15-16,18-19H2,1-3H3. The van der Waals surface area contributed by atoms with E-state index in [1.807, 2.05) is 61.6 Å². The van der Waals surface area contributed by atoms with Crippen LogP contribution >= 0.6 is 0 Å². The summed E-state index contributed by atoms with van der Waals surface area (Å²) in [5, 5.41) is 8.58. The predicted octanol–water partition coefficient (Wildman–Crippen LogP) is 4.74. The second-order valence-corrected chi connectivity index (χ2v) is 9.64. The number of benzene rings is 2. The molecule has 1 atom stereocenters. The quantitative estimate of drug-likeness (QED) is 0.381. The number of rotatable bonds is 7. The number of hydrogen-bond donors (Lipinski definition) is 0. The number of carbonyl (C=O) groups excluding carboxylic acids is 1. The van der Waals surface area contributed by atoms with E-state index in [-0.39, 0.29) is 5.91 Å². The lowest BCUT2D eigenvalue weighted by molar-refractivity contribution is 0.0671. The molecule has 1 amide bonds. The molecule has 3 heterocycles. The number of nitrogens with zero attached hydrogens (tertiary/aromatic N) is 5. The molecule has 0 aliphatic carbocycles. The number of piperidine rings is 1. The van der Waals surface area contributed by atoms with E-state index in [0.29, 0.717) is 5.92 Å². The highest BCUT2D eigenvalue weighted by Gasteiger charge is 2.28. The highest BCUT2D eigenvalue weighted by atomic mass is 16.5. The Labute approximate surface area is 212 Å². The van der Waals surface area contributed by atoms with Crippen molar-refractivity contribution in [2.45, 2.75) is 32.7 Å². The Bertz CT molecular complexity index is 1320. The van der Waals surface area contributed by atoms with Gasteiger partial charge >= 0.3 is 0 Å². The van der Waals surface area contributed by atoms with Crippen LogP contribution in [0.15, 0.2) is 67.0 Å². The van der Waals surface area contributed by atoms with Crippen molar-refractivity contribution in [1.82, 2.24) is 24.2 Å². The van der Waals surface area contributed by atoms with E-state index in [1.54, 1.807) is 7.11 Å². The molecule has 1 aliphatic rings. The Morgan fingerprint density at radius 3 is 2.64 bits per heavy atom. The number of ether oxygens (including phenoxy) is 1. The van der Waals surface area contributed by atoms with Crippen molar-refractivity contribution in [3.05, 3.63) is 89.6 Å². The highest BCUT2D eigenvalue weighted by molar-refractivity contribution is 5.97. The molecule has 0 N–H and O–H groups in total. The Kier molecular flexibility index (Phi) is 6.89. The summed E-state index contributed by atoms with van der Waals surface area (Å²) < 4.78 is 9.51. The first kappa shape index (κ1) is 23.9. The zero-order valence-corrected chi connectivity index (χ0v) is 21.2. The second kappa shape index (κ2) is 10.4. The topological polar surface area (TPSA) is 65.2 Å². The van der Waals surface area contributed by atoms with Crippen molar-refractivity contribution < 1.29 is 9.53 Å². The normalized spacial score (nSPS) is 15.8. The first-order chi connectivity index (χ1) is 17.5. The third-order valence-corrected chi connectivity index (χ3v) is 7.32. The van der Waals surface area contributed by atoms with Crippen molar-refractivity contribution in [3.63, 3.8) is 0 Å². The number of methoxy groups -OCH3 is 1. The molecule has 2 aromatic carbocycles. The summed E-state index contributed by atoms with van der Waals surface area (Å²) in [6, 6.07) is 20.4. The number of likely N-dealkylation sites (tertiary alicyclic amines) is 1. The zero-order valence-electron chi connectivity index (χ0n) is 21.2. The van der Waals surface area contributed by atoms with E-state index in [9.17, 15) is 4.79 Å². The molecule has 2 aromatic heterocycles. The maximum atomic E-state index is 13.6. The smallest absolute Gasteiger partial charge is 0.255 e. The minimum Gasteiger partial charge on any atom is -0.497 e. The van der Waals surface area contributed by atoms with Crippen LogP contribution in [0.3, 0.4) is 0 Å². The summed E-state index contributed by atoms with van der Waals surface area (Å²) in [6.45, 7) is 4.31. The third-order valence-electron chi connectivity index (χ3n) is 7.32. The fourth-order valence-electron chi connectivity index (χ4n) is 5.15.